The molecule has 0 spiro atoms. The summed E-state index contributed by atoms with van der Waals surface area (Å²) >= 11 is 0. The minimum atomic E-state index is -4.45. The standard InChI is InChI=1S/C15H11F3O2/c1-10-6-9-14(20-10)13(19)8-7-11-4-2-3-5-12(11)15(16,17)18/h2-9H,1H3/b8-7+. The van der Waals surface area contributed by atoms with E-state index in [1.54, 1.807) is 13.0 Å². The van der Waals surface area contributed by atoms with Gasteiger partial charge in [-0.1, -0.05) is 24.3 Å². The Bertz CT molecular complexity index is 651. The molecule has 5 heteroatoms. The van der Waals surface area contributed by atoms with Crippen molar-refractivity contribution in [1.82, 2.24) is 0 Å². The number of rotatable bonds is 3. The van der Waals surface area contributed by atoms with Gasteiger partial charge < -0.3 is 4.42 Å². The molecule has 1 aromatic carbocycles. The van der Waals surface area contributed by atoms with Crippen molar-refractivity contribution in [3.8, 4) is 0 Å². The third kappa shape index (κ3) is 3.17. The van der Waals surface area contributed by atoms with E-state index in [0.29, 0.717) is 5.76 Å². The van der Waals surface area contributed by atoms with E-state index in [9.17, 15) is 18.0 Å². The minimum Gasteiger partial charge on any atom is -0.458 e. The molecule has 1 aromatic heterocycles. The molecule has 1 heterocycles. The smallest absolute Gasteiger partial charge is 0.416 e. The van der Waals surface area contributed by atoms with Crippen LogP contribution in [0.15, 0.2) is 46.9 Å². The molecule has 0 radical (unpaired) electrons. The highest BCUT2D eigenvalue weighted by molar-refractivity contribution is 6.04. The number of hydrogen-bond donors (Lipinski definition) is 0. The van der Waals surface area contributed by atoms with Crippen molar-refractivity contribution in [3.05, 3.63) is 65.1 Å². The predicted molar refractivity (Wildman–Crippen MR) is 68.3 cm³/mol. The molecule has 0 aliphatic heterocycles. The minimum absolute atomic E-state index is 0.0587. The molecule has 0 saturated heterocycles. The fourth-order valence-electron chi connectivity index (χ4n) is 1.72. The van der Waals surface area contributed by atoms with E-state index in [4.69, 9.17) is 4.42 Å². The Hall–Kier alpha value is -2.30. The zero-order valence-corrected chi connectivity index (χ0v) is 10.6. The van der Waals surface area contributed by atoms with Crippen LogP contribution in [0, 0.1) is 6.92 Å². The fourth-order valence-corrected chi connectivity index (χ4v) is 1.72. The third-order valence-corrected chi connectivity index (χ3v) is 2.66. The van der Waals surface area contributed by atoms with Crippen LogP contribution in [0.2, 0.25) is 0 Å². The van der Waals surface area contributed by atoms with Gasteiger partial charge in [0.25, 0.3) is 0 Å². The zero-order valence-electron chi connectivity index (χ0n) is 10.6. The quantitative estimate of drug-likeness (QED) is 0.612. The summed E-state index contributed by atoms with van der Waals surface area (Å²) in [5, 5.41) is 0. The molecular weight excluding hydrogens is 269 g/mol. The molecule has 0 amide bonds. The van der Waals surface area contributed by atoms with E-state index in [2.05, 4.69) is 0 Å². The van der Waals surface area contributed by atoms with E-state index < -0.39 is 17.5 Å². The predicted octanol–water partition coefficient (Wildman–Crippen LogP) is 4.50. The number of halogens is 3. The van der Waals surface area contributed by atoms with Gasteiger partial charge in [0, 0.05) is 0 Å². The lowest BCUT2D eigenvalue weighted by atomic mass is 10.1. The second kappa shape index (κ2) is 5.36. The first-order valence-electron chi connectivity index (χ1n) is 5.83. The van der Waals surface area contributed by atoms with Crippen molar-refractivity contribution in [3.63, 3.8) is 0 Å². The number of furan rings is 1. The molecule has 0 atom stereocenters. The summed E-state index contributed by atoms with van der Waals surface area (Å²) in [7, 11) is 0. The van der Waals surface area contributed by atoms with Gasteiger partial charge in [0.1, 0.15) is 5.76 Å². The van der Waals surface area contributed by atoms with E-state index in [-0.39, 0.29) is 11.3 Å². The van der Waals surface area contributed by atoms with Gasteiger partial charge in [-0.15, -0.1) is 0 Å². The monoisotopic (exact) mass is 280 g/mol. The van der Waals surface area contributed by atoms with Gasteiger partial charge in [-0.2, -0.15) is 13.2 Å². The lowest BCUT2D eigenvalue weighted by molar-refractivity contribution is -0.137. The molecule has 0 fully saturated rings. The van der Waals surface area contributed by atoms with Crippen molar-refractivity contribution < 1.29 is 22.4 Å². The van der Waals surface area contributed by atoms with Crippen molar-refractivity contribution in [2.75, 3.05) is 0 Å². The number of benzene rings is 1. The summed E-state index contributed by atoms with van der Waals surface area (Å²) in [6.07, 6.45) is -2.24. The van der Waals surface area contributed by atoms with Gasteiger partial charge in [0.2, 0.25) is 5.78 Å². The number of ketones is 1. The Morgan fingerprint density at radius 1 is 1.15 bits per heavy atom. The van der Waals surface area contributed by atoms with Crippen LogP contribution < -0.4 is 0 Å². The summed E-state index contributed by atoms with van der Waals surface area (Å²) in [6.45, 7) is 1.68. The van der Waals surface area contributed by atoms with Crippen LogP contribution in [-0.2, 0) is 6.18 Å². The second-order valence-corrected chi connectivity index (χ2v) is 4.19. The molecular formula is C15H11F3O2. The molecule has 0 saturated carbocycles. The summed E-state index contributed by atoms with van der Waals surface area (Å²) in [5.74, 6) is 0.191. The Morgan fingerprint density at radius 3 is 2.45 bits per heavy atom. The first-order chi connectivity index (χ1) is 9.38. The Balaban J connectivity index is 2.26. The fraction of sp³-hybridized carbons (Fsp3) is 0.133. The number of hydrogen-bond acceptors (Lipinski definition) is 2. The molecule has 0 aliphatic rings. The van der Waals surface area contributed by atoms with E-state index in [0.717, 1.165) is 18.2 Å². The maximum Gasteiger partial charge on any atom is 0.416 e. The maximum atomic E-state index is 12.8. The number of alkyl halides is 3. The first-order valence-corrected chi connectivity index (χ1v) is 5.83. The highest BCUT2D eigenvalue weighted by Crippen LogP contribution is 2.32. The van der Waals surface area contributed by atoms with Crippen molar-refractivity contribution >= 4 is 11.9 Å². The summed E-state index contributed by atoms with van der Waals surface area (Å²) in [6, 6.07) is 8.16. The van der Waals surface area contributed by atoms with Crippen LogP contribution in [0.1, 0.15) is 27.4 Å². The average Bonchev–Trinajstić information content (AvgIpc) is 2.82. The van der Waals surface area contributed by atoms with Gasteiger partial charge in [-0.05, 0) is 36.8 Å². The van der Waals surface area contributed by atoms with Gasteiger partial charge in [0.05, 0.1) is 5.56 Å². The summed E-state index contributed by atoms with van der Waals surface area (Å²) in [5.41, 5.74) is -0.837. The number of carbonyl (C=O) groups excluding carboxylic acids is 1. The Morgan fingerprint density at radius 2 is 1.85 bits per heavy atom. The number of aryl methyl sites for hydroxylation is 1. The van der Waals surface area contributed by atoms with E-state index in [1.807, 2.05) is 0 Å². The van der Waals surface area contributed by atoms with Crippen LogP contribution in [0.25, 0.3) is 6.08 Å². The zero-order chi connectivity index (χ0) is 14.8. The van der Waals surface area contributed by atoms with Crippen LogP contribution in [0.3, 0.4) is 0 Å². The highest BCUT2D eigenvalue weighted by Gasteiger charge is 2.32. The molecule has 0 N–H and O–H groups in total. The molecule has 0 bridgehead atoms. The molecule has 0 unspecified atom stereocenters. The number of allylic oxidation sites excluding steroid dienone is 1. The first kappa shape index (κ1) is 14.1. The van der Waals surface area contributed by atoms with Crippen LogP contribution in [0.4, 0.5) is 13.2 Å². The van der Waals surface area contributed by atoms with Crippen molar-refractivity contribution in [2.24, 2.45) is 0 Å². The normalized spacial score (nSPS) is 12.0. The number of carbonyl (C=O) groups is 1. The highest BCUT2D eigenvalue weighted by atomic mass is 19.4. The van der Waals surface area contributed by atoms with Crippen molar-refractivity contribution in [2.45, 2.75) is 13.1 Å². The SMILES string of the molecule is Cc1ccc(C(=O)/C=C/c2ccccc2C(F)(F)F)o1. The van der Waals surface area contributed by atoms with E-state index >= 15 is 0 Å². The second-order valence-electron chi connectivity index (χ2n) is 4.19. The Labute approximate surface area is 113 Å². The van der Waals surface area contributed by atoms with Crippen LogP contribution in [-0.4, -0.2) is 5.78 Å². The van der Waals surface area contributed by atoms with Crippen molar-refractivity contribution in [1.29, 1.82) is 0 Å². The molecule has 2 aromatic rings. The Kier molecular flexibility index (Phi) is 3.79. The van der Waals surface area contributed by atoms with Crippen LogP contribution in [0.5, 0.6) is 0 Å². The average molecular weight is 280 g/mol. The summed E-state index contributed by atoms with van der Waals surface area (Å²) < 4.78 is 43.4. The third-order valence-electron chi connectivity index (χ3n) is 2.66. The summed E-state index contributed by atoms with van der Waals surface area (Å²) in [4.78, 5) is 11.7. The molecule has 2 rings (SSSR count). The molecule has 20 heavy (non-hydrogen) atoms. The molecule has 0 aliphatic carbocycles. The van der Waals surface area contributed by atoms with Crippen LogP contribution >= 0.6 is 0 Å². The van der Waals surface area contributed by atoms with E-state index in [1.165, 1.54) is 24.3 Å². The van der Waals surface area contributed by atoms with Gasteiger partial charge >= 0.3 is 6.18 Å². The lowest BCUT2D eigenvalue weighted by Gasteiger charge is -2.09. The van der Waals surface area contributed by atoms with Gasteiger partial charge in [-0.25, -0.2) is 0 Å². The maximum absolute atomic E-state index is 12.8. The lowest BCUT2D eigenvalue weighted by Crippen LogP contribution is -2.07. The topological polar surface area (TPSA) is 30.2 Å². The largest absolute Gasteiger partial charge is 0.458 e. The van der Waals surface area contributed by atoms with Gasteiger partial charge in [0.15, 0.2) is 5.76 Å². The molecule has 2 nitrogen and oxygen atoms in total. The van der Waals surface area contributed by atoms with Gasteiger partial charge in [-0.3, -0.25) is 4.79 Å². The molecule has 104 valence electrons.